The van der Waals surface area contributed by atoms with Crippen molar-refractivity contribution in [3.63, 3.8) is 0 Å². The molecule has 0 aliphatic carbocycles. The van der Waals surface area contributed by atoms with Crippen molar-refractivity contribution in [2.24, 2.45) is 0 Å². The molecule has 16 heavy (non-hydrogen) atoms. The summed E-state index contributed by atoms with van der Waals surface area (Å²) in [4.78, 5) is 12.3. The molecule has 0 aromatic carbocycles. The first kappa shape index (κ1) is 12.7. The Bertz CT molecular complexity index is 533. The van der Waals surface area contributed by atoms with E-state index >= 15 is 0 Å². The summed E-state index contributed by atoms with van der Waals surface area (Å²) in [6.07, 6.45) is -3.04. The van der Waals surface area contributed by atoms with Gasteiger partial charge in [-0.2, -0.15) is 0 Å². The Morgan fingerprint density at radius 3 is 2.38 bits per heavy atom. The van der Waals surface area contributed by atoms with Gasteiger partial charge in [-0.05, 0) is 6.07 Å². The lowest BCUT2D eigenvalue weighted by Gasteiger charge is -2.01. The topological polar surface area (TPSA) is 90.2 Å². The molecule has 0 amide bonds. The van der Waals surface area contributed by atoms with Gasteiger partial charge in [-0.25, -0.2) is 22.2 Å². The third kappa shape index (κ3) is 2.61. The number of aromatic nitrogens is 1. The van der Waals surface area contributed by atoms with Crippen LogP contribution in [0.4, 0.5) is 14.5 Å². The van der Waals surface area contributed by atoms with Gasteiger partial charge < -0.3 is 0 Å². The van der Waals surface area contributed by atoms with Crippen LogP contribution in [0.5, 0.6) is 0 Å². The Kier molecular flexibility index (Phi) is 3.38. The molecule has 1 aromatic rings. The quantitative estimate of drug-likeness (QED) is 0.476. The first-order valence-corrected chi connectivity index (χ1v) is 5.92. The van der Waals surface area contributed by atoms with Crippen molar-refractivity contribution in [3.8, 4) is 0 Å². The zero-order valence-corrected chi connectivity index (χ0v) is 8.87. The van der Waals surface area contributed by atoms with E-state index in [-0.39, 0.29) is 0 Å². The number of nitrogens with zero attached hydrogens (tertiary/aromatic N) is 2. The van der Waals surface area contributed by atoms with Gasteiger partial charge in [-0.15, -0.1) is 0 Å². The minimum Gasteiger partial charge on any atom is -0.258 e. The van der Waals surface area contributed by atoms with Gasteiger partial charge in [-0.1, -0.05) is 0 Å². The van der Waals surface area contributed by atoms with Gasteiger partial charge in [0.1, 0.15) is 5.69 Å². The van der Waals surface area contributed by atoms with E-state index in [4.69, 9.17) is 10.7 Å². The maximum absolute atomic E-state index is 12.2. The molecule has 0 aliphatic heterocycles. The fourth-order valence-electron chi connectivity index (χ4n) is 0.887. The highest BCUT2D eigenvalue weighted by atomic mass is 35.7. The van der Waals surface area contributed by atoms with Gasteiger partial charge in [0.2, 0.25) is 5.03 Å². The van der Waals surface area contributed by atoms with Gasteiger partial charge in [-0.3, -0.25) is 10.1 Å². The van der Waals surface area contributed by atoms with Crippen LogP contribution in [-0.4, -0.2) is 18.3 Å². The van der Waals surface area contributed by atoms with Crippen molar-refractivity contribution < 1.29 is 22.1 Å². The monoisotopic (exact) mass is 272 g/mol. The normalized spacial score (nSPS) is 11.8. The maximum Gasteiger partial charge on any atom is 0.307 e. The summed E-state index contributed by atoms with van der Waals surface area (Å²) < 4.78 is 46.2. The molecule has 0 atom stereocenters. The molecule has 0 saturated heterocycles. The zero-order valence-electron chi connectivity index (χ0n) is 7.30. The number of halogens is 3. The molecule has 1 heterocycles. The summed E-state index contributed by atoms with van der Waals surface area (Å²) in [5.74, 6) is 0. The number of hydrogen-bond acceptors (Lipinski definition) is 5. The second-order valence-electron chi connectivity index (χ2n) is 2.56. The predicted octanol–water partition coefficient (Wildman–Crippen LogP) is 1.85. The van der Waals surface area contributed by atoms with Gasteiger partial charge in [0.25, 0.3) is 15.5 Å². The lowest BCUT2D eigenvalue weighted by molar-refractivity contribution is -0.388. The highest BCUT2D eigenvalue weighted by molar-refractivity contribution is 8.13. The van der Waals surface area contributed by atoms with Crippen LogP contribution in [0.1, 0.15) is 12.1 Å². The number of hydrogen-bond donors (Lipinski definition) is 0. The molecule has 1 rings (SSSR count). The minimum atomic E-state index is -4.55. The largest absolute Gasteiger partial charge is 0.307 e. The maximum atomic E-state index is 12.2. The average molecular weight is 273 g/mol. The van der Waals surface area contributed by atoms with E-state index in [0.717, 1.165) is 0 Å². The molecule has 0 N–H and O–H groups in total. The van der Waals surface area contributed by atoms with Crippen LogP contribution < -0.4 is 0 Å². The van der Waals surface area contributed by atoms with Crippen LogP contribution >= 0.6 is 10.7 Å². The minimum absolute atomic E-state index is 0.615. The Hall–Kier alpha value is -1.35. The SMILES string of the molecule is O=[N+]([O-])c1ccc(C(F)F)nc1S(=O)(=O)Cl. The molecule has 0 radical (unpaired) electrons. The summed E-state index contributed by atoms with van der Waals surface area (Å²) in [7, 11) is 0.296. The van der Waals surface area contributed by atoms with Gasteiger partial charge in [0.05, 0.1) is 4.92 Å². The second-order valence-corrected chi connectivity index (χ2v) is 5.04. The number of rotatable bonds is 3. The lowest BCUT2D eigenvalue weighted by atomic mass is 10.3. The first-order valence-electron chi connectivity index (χ1n) is 3.61. The number of alkyl halides is 2. The highest BCUT2D eigenvalue weighted by Crippen LogP contribution is 2.27. The molecule has 0 saturated carbocycles. The van der Waals surface area contributed by atoms with Crippen LogP contribution in [0.3, 0.4) is 0 Å². The van der Waals surface area contributed by atoms with Gasteiger partial charge >= 0.3 is 5.69 Å². The predicted molar refractivity (Wildman–Crippen MR) is 48.9 cm³/mol. The molecule has 6 nitrogen and oxygen atoms in total. The van der Waals surface area contributed by atoms with Crippen LogP contribution in [0, 0.1) is 10.1 Å². The van der Waals surface area contributed by atoms with E-state index in [1.807, 2.05) is 0 Å². The Morgan fingerprint density at radius 2 is 2.00 bits per heavy atom. The van der Waals surface area contributed by atoms with Crippen molar-refractivity contribution in [3.05, 3.63) is 27.9 Å². The molecule has 0 aliphatic rings. The molecule has 0 fully saturated rings. The molecule has 0 spiro atoms. The average Bonchev–Trinajstić information content (AvgIpc) is 2.15. The first-order chi connectivity index (χ1) is 7.23. The van der Waals surface area contributed by atoms with Gasteiger partial charge in [0.15, 0.2) is 0 Å². The smallest absolute Gasteiger partial charge is 0.258 e. The third-order valence-corrected chi connectivity index (χ3v) is 2.71. The van der Waals surface area contributed by atoms with Crippen LogP contribution in [0.25, 0.3) is 0 Å². The fourth-order valence-corrected chi connectivity index (χ4v) is 1.83. The van der Waals surface area contributed by atoms with Crippen molar-refractivity contribution in [1.82, 2.24) is 4.98 Å². The van der Waals surface area contributed by atoms with Crippen molar-refractivity contribution >= 4 is 25.4 Å². The van der Waals surface area contributed by atoms with E-state index in [1.54, 1.807) is 0 Å². The summed E-state index contributed by atoms with van der Waals surface area (Å²) >= 11 is 0. The molecular weight excluding hydrogens is 270 g/mol. The van der Waals surface area contributed by atoms with Crippen molar-refractivity contribution in [2.45, 2.75) is 11.5 Å². The molecule has 0 bridgehead atoms. The van der Waals surface area contributed by atoms with Crippen LogP contribution in [-0.2, 0) is 9.05 Å². The fraction of sp³-hybridized carbons (Fsp3) is 0.167. The van der Waals surface area contributed by atoms with E-state index in [1.165, 1.54) is 0 Å². The third-order valence-electron chi connectivity index (χ3n) is 1.51. The summed E-state index contributed by atoms with van der Waals surface area (Å²) in [6.45, 7) is 0. The second kappa shape index (κ2) is 4.26. The van der Waals surface area contributed by atoms with Crippen LogP contribution in [0.2, 0.25) is 0 Å². The number of pyridine rings is 1. The molecule has 1 aromatic heterocycles. The van der Waals surface area contributed by atoms with E-state index < -0.39 is 36.8 Å². The highest BCUT2D eigenvalue weighted by Gasteiger charge is 2.27. The van der Waals surface area contributed by atoms with Crippen molar-refractivity contribution in [1.29, 1.82) is 0 Å². The van der Waals surface area contributed by atoms with Crippen LogP contribution in [0.15, 0.2) is 17.2 Å². The Morgan fingerprint density at radius 1 is 1.44 bits per heavy atom. The Labute approximate surface area is 92.4 Å². The number of nitro groups is 1. The standard InChI is InChI=1S/C6H3ClF2N2O4S/c7-16(14,15)6-4(11(12)13)2-1-3(10-6)5(8)9/h1-2,5H. The molecule has 0 unspecified atom stereocenters. The lowest BCUT2D eigenvalue weighted by Crippen LogP contribution is -2.04. The van der Waals surface area contributed by atoms with E-state index in [9.17, 15) is 27.3 Å². The molecule has 88 valence electrons. The van der Waals surface area contributed by atoms with Gasteiger partial charge in [0, 0.05) is 16.7 Å². The summed E-state index contributed by atoms with van der Waals surface area (Å²) in [6, 6.07) is 1.28. The Balaban J connectivity index is 3.51. The van der Waals surface area contributed by atoms with Crippen molar-refractivity contribution in [2.75, 3.05) is 0 Å². The zero-order chi connectivity index (χ0) is 12.5. The molecule has 10 heteroatoms. The molecular formula is C6H3ClF2N2O4S. The summed E-state index contributed by atoms with van der Waals surface area (Å²) in [5, 5.41) is 9.22. The van der Waals surface area contributed by atoms with E-state index in [2.05, 4.69) is 4.98 Å². The summed E-state index contributed by atoms with van der Waals surface area (Å²) in [5.41, 5.74) is -1.84. The van der Waals surface area contributed by atoms with E-state index in [0.29, 0.717) is 12.1 Å².